The van der Waals surface area contributed by atoms with Crippen LogP contribution in [0.1, 0.15) is 11.1 Å². The highest BCUT2D eigenvalue weighted by molar-refractivity contribution is 14.1. The fraction of sp³-hybridized carbons (Fsp3) is 0.111. The zero-order chi connectivity index (χ0) is 18.8. The highest BCUT2D eigenvalue weighted by Crippen LogP contribution is 2.33. The Morgan fingerprint density at radius 2 is 1.96 bits per heavy atom. The molecule has 8 heteroatoms. The predicted molar refractivity (Wildman–Crippen MR) is 125 cm³/mol. The van der Waals surface area contributed by atoms with Crippen LogP contribution in [0.2, 0.25) is 5.02 Å². The van der Waals surface area contributed by atoms with E-state index in [2.05, 4.69) is 55.5 Å². The van der Waals surface area contributed by atoms with Gasteiger partial charge in [0.15, 0.2) is 5.17 Å². The van der Waals surface area contributed by atoms with E-state index in [0.717, 1.165) is 29.7 Å². The molecular formula is C18H13ClI2N2O2S. The molecule has 3 rings (SSSR count). The highest BCUT2D eigenvalue weighted by Gasteiger charge is 2.24. The molecule has 0 unspecified atom stereocenters. The number of rotatable bonds is 3. The van der Waals surface area contributed by atoms with Crippen molar-refractivity contribution in [1.82, 2.24) is 5.32 Å². The number of carbonyl (C=O) groups excluding carboxylic acids is 1. The Balaban J connectivity index is 1.89. The van der Waals surface area contributed by atoms with Crippen molar-refractivity contribution >= 4 is 91.4 Å². The first-order valence-electron chi connectivity index (χ1n) is 7.46. The van der Waals surface area contributed by atoms with Gasteiger partial charge in [0, 0.05) is 5.02 Å². The molecule has 0 radical (unpaired) electrons. The molecule has 1 aliphatic heterocycles. The maximum Gasteiger partial charge on any atom is 0.264 e. The minimum Gasteiger partial charge on any atom is -0.495 e. The number of benzene rings is 2. The van der Waals surface area contributed by atoms with E-state index < -0.39 is 0 Å². The second-order valence-corrected chi connectivity index (χ2v) is 9.15. The maximum atomic E-state index is 12.3. The van der Waals surface area contributed by atoms with E-state index in [9.17, 15) is 4.79 Å². The Morgan fingerprint density at radius 3 is 2.62 bits per heavy atom. The molecule has 1 fully saturated rings. The number of carbonyl (C=O) groups is 1. The summed E-state index contributed by atoms with van der Waals surface area (Å²) in [6, 6.07) is 9.50. The molecule has 0 spiro atoms. The SMILES string of the molecule is COc1c(I)cc(/C=C2/SC(=Nc3cccc(Cl)c3C)NC2=O)cc1I. The van der Waals surface area contributed by atoms with E-state index in [-0.39, 0.29) is 5.91 Å². The third-order valence-electron chi connectivity index (χ3n) is 3.63. The molecule has 0 aromatic heterocycles. The molecule has 2 aromatic carbocycles. The second kappa shape index (κ2) is 8.49. The van der Waals surface area contributed by atoms with Gasteiger partial charge in [-0.15, -0.1) is 0 Å². The van der Waals surface area contributed by atoms with Gasteiger partial charge in [-0.3, -0.25) is 4.79 Å². The summed E-state index contributed by atoms with van der Waals surface area (Å²) in [4.78, 5) is 17.4. The average molecular weight is 611 g/mol. The molecule has 1 heterocycles. The van der Waals surface area contributed by atoms with Crippen LogP contribution in [0, 0.1) is 14.1 Å². The summed E-state index contributed by atoms with van der Waals surface area (Å²) >= 11 is 11.9. The van der Waals surface area contributed by atoms with Gasteiger partial charge in [0.2, 0.25) is 0 Å². The summed E-state index contributed by atoms with van der Waals surface area (Å²) in [5, 5.41) is 4.00. The molecule has 0 saturated carbocycles. The first-order chi connectivity index (χ1) is 12.4. The molecule has 1 amide bonds. The lowest BCUT2D eigenvalue weighted by atomic mass is 10.2. The van der Waals surface area contributed by atoms with Crippen molar-refractivity contribution in [3.63, 3.8) is 0 Å². The summed E-state index contributed by atoms with van der Waals surface area (Å²) in [5.41, 5.74) is 2.57. The van der Waals surface area contributed by atoms with Crippen molar-refractivity contribution in [2.45, 2.75) is 6.92 Å². The predicted octanol–water partition coefficient (Wildman–Crippen LogP) is 5.76. The van der Waals surface area contributed by atoms with Crippen molar-refractivity contribution in [1.29, 1.82) is 0 Å². The molecule has 2 aromatic rings. The van der Waals surface area contributed by atoms with Gasteiger partial charge in [-0.1, -0.05) is 17.7 Å². The molecular weight excluding hydrogens is 598 g/mol. The van der Waals surface area contributed by atoms with Crippen LogP contribution >= 0.6 is 68.5 Å². The molecule has 0 atom stereocenters. The Morgan fingerprint density at radius 1 is 1.27 bits per heavy atom. The molecule has 0 bridgehead atoms. The van der Waals surface area contributed by atoms with E-state index >= 15 is 0 Å². The number of thioether (sulfide) groups is 1. The first-order valence-corrected chi connectivity index (χ1v) is 10.8. The Kier molecular flexibility index (Phi) is 6.52. The fourth-order valence-electron chi connectivity index (χ4n) is 2.32. The largest absolute Gasteiger partial charge is 0.495 e. The van der Waals surface area contributed by atoms with E-state index in [1.807, 2.05) is 43.3 Å². The highest BCUT2D eigenvalue weighted by atomic mass is 127. The van der Waals surface area contributed by atoms with Gasteiger partial charge in [0.1, 0.15) is 5.75 Å². The van der Waals surface area contributed by atoms with Crippen LogP contribution in [0.25, 0.3) is 6.08 Å². The van der Waals surface area contributed by atoms with Crippen molar-refractivity contribution < 1.29 is 9.53 Å². The zero-order valence-electron chi connectivity index (χ0n) is 13.8. The number of nitrogens with zero attached hydrogens (tertiary/aromatic N) is 1. The molecule has 4 nitrogen and oxygen atoms in total. The lowest BCUT2D eigenvalue weighted by Gasteiger charge is -2.07. The minimum absolute atomic E-state index is 0.158. The normalized spacial score (nSPS) is 17.0. The van der Waals surface area contributed by atoms with E-state index in [4.69, 9.17) is 16.3 Å². The molecule has 26 heavy (non-hydrogen) atoms. The third kappa shape index (κ3) is 4.37. The number of methoxy groups -OCH3 is 1. The van der Waals surface area contributed by atoms with Gasteiger partial charge >= 0.3 is 0 Å². The molecule has 1 aliphatic rings. The molecule has 1 saturated heterocycles. The monoisotopic (exact) mass is 610 g/mol. The number of amidine groups is 1. The lowest BCUT2D eigenvalue weighted by Crippen LogP contribution is -2.19. The lowest BCUT2D eigenvalue weighted by molar-refractivity contribution is -0.115. The van der Waals surface area contributed by atoms with Crippen LogP contribution in [0.15, 0.2) is 40.2 Å². The molecule has 134 valence electrons. The van der Waals surface area contributed by atoms with Gasteiger partial charge in [-0.25, -0.2) is 4.99 Å². The van der Waals surface area contributed by atoms with Crippen LogP contribution in [-0.2, 0) is 4.79 Å². The minimum atomic E-state index is -0.158. The van der Waals surface area contributed by atoms with Crippen LogP contribution in [-0.4, -0.2) is 18.2 Å². The number of halogens is 3. The molecule has 0 aliphatic carbocycles. The summed E-state index contributed by atoms with van der Waals surface area (Å²) in [5.74, 6) is 0.685. The van der Waals surface area contributed by atoms with Crippen LogP contribution in [0.5, 0.6) is 5.75 Å². The fourth-order valence-corrected chi connectivity index (χ4v) is 5.58. The number of amides is 1. The summed E-state index contributed by atoms with van der Waals surface area (Å²) in [6.07, 6.45) is 1.86. The van der Waals surface area contributed by atoms with E-state index in [0.29, 0.717) is 15.1 Å². The Bertz CT molecular complexity index is 937. The first kappa shape index (κ1) is 20.0. The third-order valence-corrected chi connectivity index (χ3v) is 6.56. The van der Waals surface area contributed by atoms with Crippen molar-refractivity contribution in [2.24, 2.45) is 4.99 Å². The summed E-state index contributed by atoms with van der Waals surface area (Å²) in [7, 11) is 1.65. The van der Waals surface area contributed by atoms with Gasteiger partial charge in [-0.05, 0) is 105 Å². The maximum absolute atomic E-state index is 12.3. The second-order valence-electron chi connectivity index (χ2n) is 5.38. The van der Waals surface area contributed by atoms with Gasteiger partial charge < -0.3 is 10.1 Å². The van der Waals surface area contributed by atoms with E-state index in [1.165, 1.54) is 11.8 Å². The number of aliphatic imine (C=N–C) groups is 1. The smallest absolute Gasteiger partial charge is 0.264 e. The van der Waals surface area contributed by atoms with Gasteiger partial charge in [-0.2, -0.15) is 0 Å². The van der Waals surface area contributed by atoms with Gasteiger partial charge in [0.25, 0.3) is 5.91 Å². The number of hydrogen-bond acceptors (Lipinski definition) is 4. The van der Waals surface area contributed by atoms with Crippen molar-refractivity contribution in [2.75, 3.05) is 7.11 Å². The Hall–Kier alpha value is -0.780. The van der Waals surface area contributed by atoms with E-state index in [1.54, 1.807) is 7.11 Å². The summed E-state index contributed by atoms with van der Waals surface area (Å²) in [6.45, 7) is 1.90. The number of hydrogen-bond donors (Lipinski definition) is 1. The number of ether oxygens (including phenoxy) is 1. The van der Waals surface area contributed by atoms with Crippen LogP contribution < -0.4 is 10.1 Å². The number of nitrogens with one attached hydrogen (secondary N) is 1. The zero-order valence-corrected chi connectivity index (χ0v) is 19.7. The van der Waals surface area contributed by atoms with Gasteiger partial charge in [0.05, 0.1) is 24.8 Å². The quantitative estimate of drug-likeness (QED) is 0.356. The van der Waals surface area contributed by atoms with Crippen molar-refractivity contribution in [3.05, 3.63) is 58.5 Å². The molecule has 1 N–H and O–H groups in total. The van der Waals surface area contributed by atoms with Crippen LogP contribution in [0.3, 0.4) is 0 Å². The standard InChI is InChI=1S/C18H13ClI2N2O2S/c1-9-11(19)4-3-5-14(9)22-18-23-17(24)15(26-18)8-10-6-12(20)16(25-2)13(21)7-10/h3-8H,1-2H3,(H,22,23,24)/b15-8+. The van der Waals surface area contributed by atoms with Crippen LogP contribution in [0.4, 0.5) is 5.69 Å². The topological polar surface area (TPSA) is 50.7 Å². The summed E-state index contributed by atoms with van der Waals surface area (Å²) < 4.78 is 7.37. The van der Waals surface area contributed by atoms with Crippen molar-refractivity contribution in [3.8, 4) is 5.75 Å². The Labute approximate surface area is 188 Å². The average Bonchev–Trinajstić information content (AvgIpc) is 2.91.